The van der Waals surface area contributed by atoms with E-state index >= 15 is 0 Å². The lowest BCUT2D eigenvalue weighted by Crippen LogP contribution is -2.33. The first-order chi connectivity index (χ1) is 7.80. The molecule has 0 aromatic heterocycles. The van der Waals surface area contributed by atoms with Gasteiger partial charge in [0.1, 0.15) is 5.82 Å². The Labute approximate surface area is 108 Å². The van der Waals surface area contributed by atoms with Gasteiger partial charge in [-0.25, -0.2) is 12.8 Å². The van der Waals surface area contributed by atoms with Crippen molar-refractivity contribution in [2.45, 2.75) is 18.4 Å². The number of aliphatic hydroxyl groups is 1. The molecule has 6 heteroatoms. The fraction of sp³-hybridized carbons (Fsp3) is 0.455. The highest BCUT2D eigenvalue weighted by Crippen LogP contribution is 2.28. The van der Waals surface area contributed by atoms with E-state index in [0.29, 0.717) is 10.0 Å². The lowest BCUT2D eigenvalue weighted by Gasteiger charge is -2.20. The summed E-state index contributed by atoms with van der Waals surface area (Å²) in [7, 11) is -3.18. The van der Waals surface area contributed by atoms with Crippen LogP contribution >= 0.6 is 15.9 Å². The number of hydrogen-bond donors (Lipinski definition) is 1. The van der Waals surface area contributed by atoms with Gasteiger partial charge in [0, 0.05) is 10.9 Å². The number of rotatable bonds is 2. The van der Waals surface area contributed by atoms with Crippen molar-refractivity contribution in [2.75, 3.05) is 11.5 Å². The molecule has 17 heavy (non-hydrogen) atoms. The number of sulfone groups is 1. The van der Waals surface area contributed by atoms with E-state index in [9.17, 15) is 17.9 Å². The summed E-state index contributed by atoms with van der Waals surface area (Å²) < 4.78 is 36.8. The zero-order valence-corrected chi connectivity index (χ0v) is 11.4. The SMILES string of the molecule is O=S1(=O)CCC(O)(Cc2ccc(Br)cc2F)C1. The van der Waals surface area contributed by atoms with E-state index in [4.69, 9.17) is 0 Å². The van der Waals surface area contributed by atoms with Gasteiger partial charge in [-0.1, -0.05) is 22.0 Å². The summed E-state index contributed by atoms with van der Waals surface area (Å²) in [5.74, 6) is -0.742. The molecule has 1 fully saturated rings. The Morgan fingerprint density at radius 1 is 1.47 bits per heavy atom. The van der Waals surface area contributed by atoms with E-state index in [1.807, 2.05) is 0 Å². The molecular weight excluding hydrogens is 311 g/mol. The molecule has 0 bridgehead atoms. The zero-order valence-electron chi connectivity index (χ0n) is 8.99. The maximum atomic E-state index is 13.6. The van der Waals surface area contributed by atoms with Gasteiger partial charge < -0.3 is 5.11 Å². The van der Waals surface area contributed by atoms with Crippen LogP contribution in [0.3, 0.4) is 0 Å². The second-order valence-electron chi connectivity index (χ2n) is 4.48. The van der Waals surface area contributed by atoms with Gasteiger partial charge in [-0.2, -0.15) is 0 Å². The first kappa shape index (κ1) is 13.0. The van der Waals surface area contributed by atoms with Gasteiger partial charge in [-0.3, -0.25) is 0 Å². The van der Waals surface area contributed by atoms with E-state index in [1.165, 1.54) is 6.07 Å². The Morgan fingerprint density at radius 3 is 2.71 bits per heavy atom. The summed E-state index contributed by atoms with van der Waals surface area (Å²) in [5, 5.41) is 10.1. The largest absolute Gasteiger partial charge is 0.388 e. The number of benzene rings is 1. The molecule has 0 aliphatic carbocycles. The van der Waals surface area contributed by atoms with Gasteiger partial charge in [0.05, 0.1) is 17.1 Å². The Balaban J connectivity index is 2.22. The maximum Gasteiger partial charge on any atom is 0.153 e. The molecule has 1 saturated heterocycles. The van der Waals surface area contributed by atoms with Crippen LogP contribution in [0.5, 0.6) is 0 Å². The predicted molar refractivity (Wildman–Crippen MR) is 66.0 cm³/mol. The third-order valence-electron chi connectivity index (χ3n) is 2.90. The second-order valence-corrected chi connectivity index (χ2v) is 7.58. The lowest BCUT2D eigenvalue weighted by molar-refractivity contribution is 0.0672. The molecule has 1 aromatic rings. The van der Waals surface area contributed by atoms with E-state index in [0.717, 1.165) is 0 Å². The fourth-order valence-electron chi connectivity index (χ4n) is 2.06. The maximum absolute atomic E-state index is 13.6. The monoisotopic (exact) mass is 322 g/mol. The third-order valence-corrected chi connectivity index (χ3v) is 5.20. The van der Waals surface area contributed by atoms with Crippen LogP contribution in [0.4, 0.5) is 4.39 Å². The van der Waals surface area contributed by atoms with Gasteiger partial charge in [0.15, 0.2) is 9.84 Å². The van der Waals surface area contributed by atoms with Gasteiger partial charge in [-0.05, 0) is 24.1 Å². The second kappa shape index (κ2) is 4.33. The van der Waals surface area contributed by atoms with Crippen molar-refractivity contribution in [3.8, 4) is 0 Å². The lowest BCUT2D eigenvalue weighted by atomic mass is 9.94. The predicted octanol–water partition coefficient (Wildman–Crippen LogP) is 1.68. The van der Waals surface area contributed by atoms with Crippen LogP contribution in [0.25, 0.3) is 0 Å². The molecule has 1 aliphatic rings. The molecule has 3 nitrogen and oxygen atoms in total. The molecule has 0 spiro atoms. The smallest absolute Gasteiger partial charge is 0.153 e. The number of hydrogen-bond acceptors (Lipinski definition) is 3. The van der Waals surface area contributed by atoms with Crippen molar-refractivity contribution in [3.63, 3.8) is 0 Å². The first-order valence-electron chi connectivity index (χ1n) is 5.16. The summed E-state index contributed by atoms with van der Waals surface area (Å²) >= 11 is 3.14. The minimum Gasteiger partial charge on any atom is -0.388 e. The van der Waals surface area contributed by atoms with Crippen molar-refractivity contribution >= 4 is 25.8 Å². The minimum absolute atomic E-state index is 0.0261. The van der Waals surface area contributed by atoms with Crippen LogP contribution in [0.2, 0.25) is 0 Å². The highest BCUT2D eigenvalue weighted by Gasteiger charge is 2.40. The molecule has 1 unspecified atom stereocenters. The van der Waals surface area contributed by atoms with Crippen LogP contribution in [-0.4, -0.2) is 30.6 Å². The van der Waals surface area contributed by atoms with Crippen LogP contribution < -0.4 is 0 Å². The molecule has 0 saturated carbocycles. The summed E-state index contributed by atoms with van der Waals surface area (Å²) in [6.45, 7) is 0. The van der Waals surface area contributed by atoms with Gasteiger partial charge in [0.25, 0.3) is 0 Å². The molecule has 0 amide bonds. The van der Waals surface area contributed by atoms with Crippen molar-refractivity contribution < 1.29 is 17.9 Å². The van der Waals surface area contributed by atoms with Crippen molar-refractivity contribution in [1.29, 1.82) is 0 Å². The highest BCUT2D eigenvalue weighted by molar-refractivity contribution is 9.10. The summed E-state index contributed by atoms with van der Waals surface area (Å²) in [6, 6.07) is 4.54. The molecular formula is C11H12BrFO3S. The average Bonchev–Trinajstić information content (AvgIpc) is 2.46. The Kier molecular flexibility index (Phi) is 3.31. The Bertz CT molecular complexity index is 544. The molecule has 2 rings (SSSR count). The Morgan fingerprint density at radius 2 is 2.18 bits per heavy atom. The summed E-state index contributed by atoms with van der Waals surface area (Å²) in [4.78, 5) is 0. The van der Waals surface area contributed by atoms with E-state index in [2.05, 4.69) is 15.9 Å². The van der Waals surface area contributed by atoms with Crippen LogP contribution in [0.15, 0.2) is 22.7 Å². The minimum atomic E-state index is -3.18. The average molecular weight is 323 g/mol. The standard InChI is InChI=1S/C11H12BrFO3S/c12-9-2-1-8(10(13)5-9)6-11(14)3-4-17(15,16)7-11/h1-2,5,14H,3-4,6-7H2. The van der Waals surface area contributed by atoms with Crippen LogP contribution in [0, 0.1) is 5.82 Å². The molecule has 1 aromatic carbocycles. The van der Waals surface area contributed by atoms with Crippen molar-refractivity contribution in [2.24, 2.45) is 0 Å². The molecule has 94 valence electrons. The first-order valence-corrected chi connectivity index (χ1v) is 7.78. The quantitative estimate of drug-likeness (QED) is 0.901. The normalized spacial score (nSPS) is 27.2. The van der Waals surface area contributed by atoms with E-state index in [-0.39, 0.29) is 24.3 Å². The van der Waals surface area contributed by atoms with Crippen LogP contribution in [-0.2, 0) is 16.3 Å². The van der Waals surface area contributed by atoms with E-state index < -0.39 is 21.3 Å². The fourth-order valence-corrected chi connectivity index (χ4v) is 4.29. The van der Waals surface area contributed by atoms with Crippen molar-refractivity contribution in [3.05, 3.63) is 34.1 Å². The number of halogens is 2. The zero-order chi connectivity index (χ0) is 12.7. The Hall–Kier alpha value is -0.460. The third kappa shape index (κ3) is 3.05. The summed E-state index contributed by atoms with van der Waals surface area (Å²) in [6.07, 6.45) is 0.205. The molecule has 1 heterocycles. The van der Waals surface area contributed by atoms with Gasteiger partial charge in [0.2, 0.25) is 0 Å². The topological polar surface area (TPSA) is 54.4 Å². The van der Waals surface area contributed by atoms with Gasteiger partial charge in [-0.15, -0.1) is 0 Å². The van der Waals surface area contributed by atoms with Crippen molar-refractivity contribution in [1.82, 2.24) is 0 Å². The molecule has 1 aliphatic heterocycles. The van der Waals surface area contributed by atoms with Gasteiger partial charge >= 0.3 is 0 Å². The highest BCUT2D eigenvalue weighted by atomic mass is 79.9. The van der Waals surface area contributed by atoms with E-state index in [1.54, 1.807) is 12.1 Å². The summed E-state index contributed by atoms with van der Waals surface area (Å²) in [5.41, 5.74) is -0.985. The molecule has 1 atom stereocenters. The van der Waals surface area contributed by atoms with Crippen LogP contribution in [0.1, 0.15) is 12.0 Å². The molecule has 1 N–H and O–H groups in total. The molecule has 0 radical (unpaired) electrons.